The standard InChI is InChI=1S/C22H20ClN3O3/c1-14-9-18(10-15(2)20(14)29-13-16-5-4-8-24-12-16)22(28)26-25-21(27)17-6-3-7-19(23)11-17/h3-12H,13H2,1-2H3,(H,25,27)(H,26,28). The summed E-state index contributed by atoms with van der Waals surface area (Å²) < 4.78 is 5.90. The van der Waals surface area contributed by atoms with Crippen molar-refractivity contribution in [3.63, 3.8) is 0 Å². The first-order valence-electron chi connectivity index (χ1n) is 8.93. The van der Waals surface area contributed by atoms with Crippen molar-refractivity contribution in [2.24, 2.45) is 0 Å². The lowest BCUT2D eigenvalue weighted by Gasteiger charge is -2.14. The molecule has 0 spiro atoms. The molecule has 0 aliphatic carbocycles. The van der Waals surface area contributed by atoms with Gasteiger partial charge in [0.1, 0.15) is 12.4 Å². The lowest BCUT2D eigenvalue weighted by molar-refractivity contribution is 0.0846. The Morgan fingerprint density at radius 1 is 0.966 bits per heavy atom. The number of aryl methyl sites for hydroxylation is 2. The SMILES string of the molecule is Cc1cc(C(=O)NNC(=O)c2cccc(Cl)c2)cc(C)c1OCc1cccnc1. The summed E-state index contributed by atoms with van der Waals surface area (Å²) in [5, 5.41) is 0.442. The first kappa shape index (κ1) is 20.4. The number of hydrazine groups is 1. The van der Waals surface area contributed by atoms with Gasteiger partial charge in [0.05, 0.1) is 0 Å². The highest BCUT2D eigenvalue weighted by Crippen LogP contribution is 2.25. The molecule has 2 N–H and O–H groups in total. The molecule has 0 saturated carbocycles. The normalized spacial score (nSPS) is 10.3. The molecule has 0 unspecified atom stereocenters. The van der Waals surface area contributed by atoms with Gasteiger partial charge in [0.15, 0.2) is 0 Å². The quantitative estimate of drug-likeness (QED) is 0.624. The van der Waals surface area contributed by atoms with Crippen LogP contribution in [0.3, 0.4) is 0 Å². The van der Waals surface area contributed by atoms with E-state index in [1.54, 1.807) is 42.7 Å². The number of nitrogens with one attached hydrogen (secondary N) is 2. The van der Waals surface area contributed by atoms with Crippen molar-refractivity contribution in [3.05, 3.63) is 93.8 Å². The number of ether oxygens (including phenoxy) is 1. The van der Waals surface area contributed by atoms with Crippen LogP contribution in [0.4, 0.5) is 0 Å². The Balaban J connectivity index is 1.64. The van der Waals surface area contributed by atoms with Crippen molar-refractivity contribution in [2.45, 2.75) is 20.5 Å². The molecule has 1 aromatic heterocycles. The van der Waals surface area contributed by atoms with Crippen LogP contribution in [0.5, 0.6) is 5.75 Å². The second kappa shape index (κ2) is 9.21. The van der Waals surface area contributed by atoms with Gasteiger partial charge in [-0.15, -0.1) is 0 Å². The van der Waals surface area contributed by atoms with Gasteiger partial charge in [-0.25, -0.2) is 0 Å². The number of pyridine rings is 1. The molecule has 0 saturated heterocycles. The Labute approximate surface area is 173 Å². The van der Waals surface area contributed by atoms with E-state index in [2.05, 4.69) is 15.8 Å². The van der Waals surface area contributed by atoms with Gasteiger partial charge in [0, 0.05) is 34.1 Å². The van der Waals surface area contributed by atoms with E-state index in [0.29, 0.717) is 28.5 Å². The Bertz CT molecular complexity index is 1020. The van der Waals surface area contributed by atoms with Gasteiger partial charge in [-0.2, -0.15) is 0 Å². The third kappa shape index (κ3) is 5.33. The van der Waals surface area contributed by atoms with Crippen LogP contribution in [0.15, 0.2) is 60.9 Å². The zero-order chi connectivity index (χ0) is 20.8. The molecule has 2 amide bonds. The van der Waals surface area contributed by atoms with E-state index in [1.807, 2.05) is 26.0 Å². The van der Waals surface area contributed by atoms with Crippen LogP contribution in [-0.2, 0) is 6.61 Å². The lowest BCUT2D eigenvalue weighted by atomic mass is 10.1. The van der Waals surface area contributed by atoms with Crippen molar-refractivity contribution >= 4 is 23.4 Å². The zero-order valence-electron chi connectivity index (χ0n) is 16.0. The van der Waals surface area contributed by atoms with Crippen LogP contribution in [0, 0.1) is 13.8 Å². The second-order valence-electron chi connectivity index (χ2n) is 6.51. The fourth-order valence-corrected chi connectivity index (χ4v) is 3.03. The minimum Gasteiger partial charge on any atom is -0.488 e. The van der Waals surface area contributed by atoms with Crippen LogP contribution < -0.4 is 15.6 Å². The van der Waals surface area contributed by atoms with E-state index in [9.17, 15) is 9.59 Å². The maximum absolute atomic E-state index is 12.4. The first-order chi connectivity index (χ1) is 13.9. The van der Waals surface area contributed by atoms with Gasteiger partial charge in [0.25, 0.3) is 11.8 Å². The molecule has 29 heavy (non-hydrogen) atoms. The third-order valence-corrected chi connectivity index (χ3v) is 4.44. The molecule has 0 atom stereocenters. The molecule has 3 rings (SSSR count). The number of halogens is 1. The number of benzene rings is 2. The molecule has 2 aromatic carbocycles. The van der Waals surface area contributed by atoms with Crippen molar-refractivity contribution in [3.8, 4) is 5.75 Å². The average molecular weight is 410 g/mol. The number of rotatable bonds is 5. The Morgan fingerprint density at radius 3 is 2.28 bits per heavy atom. The fraction of sp³-hybridized carbons (Fsp3) is 0.136. The molecule has 3 aromatic rings. The predicted octanol–water partition coefficient (Wildman–Crippen LogP) is 4.01. The number of hydrogen-bond acceptors (Lipinski definition) is 4. The predicted molar refractivity (Wildman–Crippen MR) is 111 cm³/mol. The summed E-state index contributed by atoms with van der Waals surface area (Å²) in [7, 11) is 0. The van der Waals surface area contributed by atoms with Crippen LogP contribution >= 0.6 is 11.6 Å². The lowest BCUT2D eigenvalue weighted by Crippen LogP contribution is -2.41. The maximum Gasteiger partial charge on any atom is 0.269 e. The average Bonchev–Trinajstić information content (AvgIpc) is 2.71. The van der Waals surface area contributed by atoms with E-state index in [-0.39, 0.29) is 0 Å². The molecule has 7 heteroatoms. The van der Waals surface area contributed by atoms with E-state index in [0.717, 1.165) is 16.7 Å². The van der Waals surface area contributed by atoms with Crippen molar-refractivity contribution in [2.75, 3.05) is 0 Å². The number of carbonyl (C=O) groups is 2. The van der Waals surface area contributed by atoms with E-state index >= 15 is 0 Å². The zero-order valence-corrected chi connectivity index (χ0v) is 16.8. The topological polar surface area (TPSA) is 80.3 Å². The Kier molecular flexibility index (Phi) is 6.46. The smallest absolute Gasteiger partial charge is 0.269 e. The molecule has 6 nitrogen and oxygen atoms in total. The summed E-state index contributed by atoms with van der Waals surface area (Å²) in [5.74, 6) is -0.163. The van der Waals surface area contributed by atoms with Crippen LogP contribution in [-0.4, -0.2) is 16.8 Å². The second-order valence-corrected chi connectivity index (χ2v) is 6.94. The molecule has 0 bridgehead atoms. The van der Waals surface area contributed by atoms with Gasteiger partial charge >= 0.3 is 0 Å². The third-order valence-electron chi connectivity index (χ3n) is 4.20. The first-order valence-corrected chi connectivity index (χ1v) is 9.31. The molecule has 148 valence electrons. The van der Waals surface area contributed by atoms with Gasteiger partial charge in [-0.1, -0.05) is 23.7 Å². The summed E-state index contributed by atoms with van der Waals surface area (Å²) in [6.07, 6.45) is 3.45. The summed E-state index contributed by atoms with van der Waals surface area (Å²) in [4.78, 5) is 28.6. The van der Waals surface area contributed by atoms with E-state index in [1.165, 1.54) is 6.07 Å². The number of carbonyl (C=O) groups excluding carboxylic acids is 2. The van der Waals surface area contributed by atoms with Gasteiger partial charge in [-0.05, 0) is 61.4 Å². The molecule has 0 aliphatic heterocycles. The summed E-state index contributed by atoms with van der Waals surface area (Å²) >= 11 is 5.88. The molecular weight excluding hydrogens is 390 g/mol. The number of amides is 2. The van der Waals surface area contributed by atoms with Crippen LogP contribution in [0.25, 0.3) is 0 Å². The van der Waals surface area contributed by atoms with Gasteiger partial charge in [-0.3, -0.25) is 25.4 Å². The van der Waals surface area contributed by atoms with Crippen molar-refractivity contribution in [1.29, 1.82) is 0 Å². The summed E-state index contributed by atoms with van der Waals surface area (Å²) in [5.41, 5.74) is 8.17. The van der Waals surface area contributed by atoms with E-state index in [4.69, 9.17) is 16.3 Å². The highest BCUT2D eigenvalue weighted by molar-refractivity contribution is 6.30. The minimum absolute atomic E-state index is 0.351. The molecule has 0 aliphatic rings. The largest absolute Gasteiger partial charge is 0.488 e. The highest BCUT2D eigenvalue weighted by atomic mass is 35.5. The number of hydrogen-bond donors (Lipinski definition) is 2. The molecule has 1 heterocycles. The van der Waals surface area contributed by atoms with Gasteiger partial charge in [0.2, 0.25) is 0 Å². The van der Waals surface area contributed by atoms with Gasteiger partial charge < -0.3 is 4.74 Å². The van der Waals surface area contributed by atoms with E-state index < -0.39 is 11.8 Å². The highest BCUT2D eigenvalue weighted by Gasteiger charge is 2.13. The Morgan fingerprint density at radius 2 is 1.66 bits per heavy atom. The monoisotopic (exact) mass is 409 g/mol. The van der Waals surface area contributed by atoms with Crippen molar-refractivity contribution in [1.82, 2.24) is 15.8 Å². The number of nitrogens with zero attached hydrogens (tertiary/aromatic N) is 1. The molecule has 0 radical (unpaired) electrons. The number of aromatic nitrogens is 1. The molecular formula is C22H20ClN3O3. The summed E-state index contributed by atoms with van der Waals surface area (Å²) in [6, 6.07) is 13.7. The van der Waals surface area contributed by atoms with Crippen molar-refractivity contribution < 1.29 is 14.3 Å². The summed E-state index contributed by atoms with van der Waals surface area (Å²) in [6.45, 7) is 4.12. The fourth-order valence-electron chi connectivity index (χ4n) is 2.84. The van der Waals surface area contributed by atoms with Crippen LogP contribution in [0.2, 0.25) is 5.02 Å². The Hall–Kier alpha value is -3.38. The van der Waals surface area contributed by atoms with Crippen LogP contribution in [0.1, 0.15) is 37.4 Å². The maximum atomic E-state index is 12.4. The molecule has 0 fully saturated rings. The minimum atomic E-state index is -0.453.